The molecule has 0 aliphatic heterocycles. The molecule has 170 valence electrons. The van der Waals surface area contributed by atoms with Gasteiger partial charge in [0.15, 0.2) is 0 Å². The predicted octanol–water partition coefficient (Wildman–Crippen LogP) is 4.63. The summed E-state index contributed by atoms with van der Waals surface area (Å²) in [5.74, 6) is 1.56. The van der Waals surface area contributed by atoms with Crippen molar-refractivity contribution < 1.29 is 18.7 Å². The van der Waals surface area contributed by atoms with Gasteiger partial charge in [-0.2, -0.15) is 0 Å². The van der Waals surface area contributed by atoms with Crippen molar-refractivity contribution in [1.82, 2.24) is 14.9 Å². The zero-order valence-corrected chi connectivity index (χ0v) is 18.5. The van der Waals surface area contributed by atoms with Gasteiger partial charge in [0.25, 0.3) is 5.91 Å². The van der Waals surface area contributed by atoms with Gasteiger partial charge >= 0.3 is 0 Å². The molecule has 1 N–H and O–H groups in total. The Morgan fingerprint density at radius 2 is 1.73 bits per heavy atom. The molecule has 0 aliphatic rings. The largest absolute Gasteiger partial charge is 0.497 e. The standard InChI is InChI=1S/C26H26FN3O3/c1-32-19-12-14-20(15-13-19)33-18-17-30-24-10-5-4-9-23(24)29-25(30)11-6-16-28-26(31)21-7-2-3-8-22(21)27/h2-5,7-10,12-15H,6,11,16-18H2,1H3,(H,28,31). The second-order valence-corrected chi connectivity index (χ2v) is 7.53. The fourth-order valence-corrected chi connectivity index (χ4v) is 3.68. The Bertz CT molecular complexity index is 1220. The van der Waals surface area contributed by atoms with Gasteiger partial charge in [0, 0.05) is 13.0 Å². The molecule has 0 fully saturated rings. The van der Waals surface area contributed by atoms with Crippen LogP contribution < -0.4 is 14.8 Å². The molecule has 0 saturated heterocycles. The summed E-state index contributed by atoms with van der Waals surface area (Å²) in [5.41, 5.74) is 2.02. The van der Waals surface area contributed by atoms with Crippen molar-refractivity contribution in [2.45, 2.75) is 19.4 Å². The number of carbonyl (C=O) groups excluding carboxylic acids is 1. The molecule has 0 bridgehead atoms. The second kappa shape index (κ2) is 10.6. The van der Waals surface area contributed by atoms with E-state index in [1.807, 2.05) is 48.5 Å². The zero-order chi connectivity index (χ0) is 23.0. The molecule has 0 atom stereocenters. The van der Waals surface area contributed by atoms with Gasteiger partial charge in [-0.15, -0.1) is 0 Å². The highest BCUT2D eigenvalue weighted by molar-refractivity contribution is 5.94. The van der Waals surface area contributed by atoms with Crippen LogP contribution in [0.3, 0.4) is 0 Å². The summed E-state index contributed by atoms with van der Waals surface area (Å²) in [5, 5.41) is 2.79. The number of aryl methyl sites for hydroxylation is 1. The van der Waals surface area contributed by atoms with E-state index in [2.05, 4.69) is 9.88 Å². The third-order valence-electron chi connectivity index (χ3n) is 5.36. The quantitative estimate of drug-likeness (QED) is 0.360. The van der Waals surface area contributed by atoms with Crippen LogP contribution in [-0.4, -0.2) is 35.7 Å². The number of ether oxygens (including phenoxy) is 2. The highest BCUT2D eigenvalue weighted by Gasteiger charge is 2.12. The molecular formula is C26H26FN3O3. The van der Waals surface area contributed by atoms with Gasteiger partial charge in [-0.05, 0) is 55.0 Å². The lowest BCUT2D eigenvalue weighted by Gasteiger charge is -2.11. The number of amides is 1. The maximum atomic E-state index is 13.8. The molecule has 3 aromatic carbocycles. The summed E-state index contributed by atoms with van der Waals surface area (Å²) in [6.45, 7) is 1.56. The normalized spacial score (nSPS) is 10.8. The van der Waals surface area contributed by atoms with Crippen molar-refractivity contribution in [3.8, 4) is 11.5 Å². The Morgan fingerprint density at radius 3 is 2.52 bits per heavy atom. The van der Waals surface area contributed by atoms with Gasteiger partial charge in [0.05, 0.1) is 30.3 Å². The molecule has 1 heterocycles. The van der Waals surface area contributed by atoms with E-state index in [4.69, 9.17) is 14.5 Å². The number of hydrogen-bond donors (Lipinski definition) is 1. The molecule has 33 heavy (non-hydrogen) atoms. The predicted molar refractivity (Wildman–Crippen MR) is 125 cm³/mol. The Morgan fingerprint density at radius 1 is 1.00 bits per heavy atom. The number of carbonyl (C=O) groups is 1. The Kier molecular flexibility index (Phi) is 7.19. The van der Waals surface area contributed by atoms with Gasteiger partial charge in [-0.1, -0.05) is 24.3 Å². The minimum Gasteiger partial charge on any atom is -0.497 e. The van der Waals surface area contributed by atoms with Crippen LogP contribution in [0.1, 0.15) is 22.6 Å². The van der Waals surface area contributed by atoms with Gasteiger partial charge in [-0.3, -0.25) is 4.79 Å². The van der Waals surface area contributed by atoms with Crippen LogP contribution in [0.15, 0.2) is 72.8 Å². The van der Waals surface area contributed by atoms with E-state index >= 15 is 0 Å². The smallest absolute Gasteiger partial charge is 0.254 e. The first-order valence-corrected chi connectivity index (χ1v) is 10.9. The van der Waals surface area contributed by atoms with Crippen LogP contribution in [0.4, 0.5) is 4.39 Å². The van der Waals surface area contributed by atoms with E-state index in [0.717, 1.165) is 28.4 Å². The average molecular weight is 448 g/mol. The first kappa shape index (κ1) is 22.3. The van der Waals surface area contributed by atoms with Crippen molar-refractivity contribution >= 4 is 16.9 Å². The van der Waals surface area contributed by atoms with E-state index < -0.39 is 11.7 Å². The molecule has 0 unspecified atom stereocenters. The lowest BCUT2D eigenvalue weighted by atomic mass is 10.2. The van der Waals surface area contributed by atoms with E-state index in [1.54, 1.807) is 19.2 Å². The van der Waals surface area contributed by atoms with Gasteiger partial charge in [0.2, 0.25) is 0 Å². The molecule has 0 saturated carbocycles. The number of nitrogens with zero attached hydrogens (tertiary/aromatic N) is 2. The summed E-state index contributed by atoms with van der Waals surface area (Å²) in [4.78, 5) is 17.0. The molecule has 0 spiro atoms. The zero-order valence-electron chi connectivity index (χ0n) is 18.5. The molecule has 1 aromatic heterocycles. The summed E-state index contributed by atoms with van der Waals surface area (Å²) < 4.78 is 27.0. The molecule has 4 rings (SSSR count). The topological polar surface area (TPSA) is 65.4 Å². The van der Waals surface area contributed by atoms with E-state index in [1.165, 1.54) is 12.1 Å². The summed E-state index contributed by atoms with van der Waals surface area (Å²) in [6.07, 6.45) is 1.36. The lowest BCUT2D eigenvalue weighted by Crippen LogP contribution is -2.26. The number of fused-ring (bicyclic) bond motifs is 1. The number of para-hydroxylation sites is 2. The molecule has 7 heteroatoms. The Balaban J connectivity index is 1.36. The maximum absolute atomic E-state index is 13.8. The van der Waals surface area contributed by atoms with E-state index in [-0.39, 0.29) is 5.56 Å². The van der Waals surface area contributed by atoms with Crippen LogP contribution >= 0.6 is 0 Å². The summed E-state index contributed by atoms with van der Waals surface area (Å²) in [7, 11) is 1.63. The minimum absolute atomic E-state index is 0.0559. The monoisotopic (exact) mass is 447 g/mol. The number of methoxy groups -OCH3 is 1. The van der Waals surface area contributed by atoms with Crippen LogP contribution in [0, 0.1) is 5.82 Å². The number of benzene rings is 3. The van der Waals surface area contributed by atoms with Crippen LogP contribution in [0.25, 0.3) is 11.0 Å². The van der Waals surface area contributed by atoms with Gasteiger partial charge < -0.3 is 19.4 Å². The molecule has 0 aliphatic carbocycles. The number of halogens is 1. The highest BCUT2D eigenvalue weighted by Crippen LogP contribution is 2.19. The number of imidazole rings is 1. The maximum Gasteiger partial charge on any atom is 0.254 e. The molecular weight excluding hydrogens is 421 g/mol. The number of rotatable bonds is 10. The minimum atomic E-state index is -0.520. The third-order valence-corrected chi connectivity index (χ3v) is 5.36. The van der Waals surface area contributed by atoms with Crippen molar-refractivity contribution in [3.63, 3.8) is 0 Å². The van der Waals surface area contributed by atoms with Crippen molar-refractivity contribution in [1.29, 1.82) is 0 Å². The average Bonchev–Trinajstić information content (AvgIpc) is 3.20. The number of hydrogen-bond acceptors (Lipinski definition) is 4. The number of nitrogens with one attached hydrogen (secondary N) is 1. The summed E-state index contributed by atoms with van der Waals surface area (Å²) in [6, 6.07) is 21.4. The number of aromatic nitrogens is 2. The van der Waals surface area contributed by atoms with Gasteiger partial charge in [0.1, 0.15) is 29.7 Å². The SMILES string of the molecule is COc1ccc(OCCn2c(CCCNC(=O)c3ccccc3F)nc3ccccc32)cc1. The Labute approximate surface area is 192 Å². The first-order chi connectivity index (χ1) is 16.2. The third kappa shape index (κ3) is 5.49. The first-order valence-electron chi connectivity index (χ1n) is 10.9. The molecule has 6 nitrogen and oxygen atoms in total. The lowest BCUT2D eigenvalue weighted by molar-refractivity contribution is 0.0949. The second-order valence-electron chi connectivity index (χ2n) is 7.53. The van der Waals surface area contributed by atoms with Crippen molar-refractivity contribution in [2.75, 3.05) is 20.3 Å². The van der Waals surface area contributed by atoms with Crippen LogP contribution in [0.2, 0.25) is 0 Å². The van der Waals surface area contributed by atoms with Crippen molar-refractivity contribution in [3.05, 3.63) is 90.0 Å². The Hall–Kier alpha value is -3.87. The highest BCUT2D eigenvalue weighted by atomic mass is 19.1. The van der Waals surface area contributed by atoms with Crippen LogP contribution in [-0.2, 0) is 13.0 Å². The van der Waals surface area contributed by atoms with Crippen LogP contribution in [0.5, 0.6) is 11.5 Å². The molecule has 1 amide bonds. The van der Waals surface area contributed by atoms with E-state index in [9.17, 15) is 9.18 Å². The fourth-order valence-electron chi connectivity index (χ4n) is 3.68. The molecule has 0 radical (unpaired) electrons. The summed E-state index contributed by atoms with van der Waals surface area (Å²) >= 11 is 0. The molecule has 4 aromatic rings. The van der Waals surface area contributed by atoms with E-state index in [0.29, 0.717) is 32.5 Å². The fraction of sp³-hybridized carbons (Fsp3) is 0.231. The van der Waals surface area contributed by atoms with Gasteiger partial charge in [-0.25, -0.2) is 9.37 Å². The van der Waals surface area contributed by atoms with Crippen molar-refractivity contribution in [2.24, 2.45) is 0 Å².